The van der Waals surface area contributed by atoms with Gasteiger partial charge in [0.05, 0.1) is 17.4 Å². The van der Waals surface area contributed by atoms with Crippen LogP contribution in [0.1, 0.15) is 73.1 Å². The van der Waals surface area contributed by atoms with Gasteiger partial charge in [-0.25, -0.2) is 8.42 Å². The second kappa shape index (κ2) is 10.2. The summed E-state index contributed by atoms with van der Waals surface area (Å²) in [6, 6.07) is 1.94. The maximum Gasteiger partial charge on any atom is 0.251 e. The molecule has 1 N–H and O–H groups in total. The van der Waals surface area contributed by atoms with E-state index in [1.807, 2.05) is 45.6 Å². The molecule has 0 aliphatic carbocycles. The van der Waals surface area contributed by atoms with Crippen LogP contribution in [0.4, 0.5) is 0 Å². The Bertz CT molecular complexity index is 927. The minimum atomic E-state index is -3.06. The SMILES string of the molecule is Cc1cc(C(=O)NC(C)C)c(C)c(C)c1CC(=O)N1CCC(CS(=O)(=O)C(C)C)CC1. The average Bonchev–Trinajstić information content (AvgIpc) is 2.67. The summed E-state index contributed by atoms with van der Waals surface area (Å²) >= 11 is 0. The zero-order valence-electron chi connectivity index (χ0n) is 20.0. The summed E-state index contributed by atoms with van der Waals surface area (Å²) in [6.07, 6.45) is 1.76. The highest BCUT2D eigenvalue weighted by atomic mass is 32.2. The Morgan fingerprint density at radius 3 is 2.16 bits per heavy atom. The van der Waals surface area contributed by atoms with Crippen molar-refractivity contribution in [2.75, 3.05) is 18.8 Å². The van der Waals surface area contributed by atoms with Gasteiger partial charge in [0.15, 0.2) is 9.84 Å². The van der Waals surface area contributed by atoms with Gasteiger partial charge in [0, 0.05) is 24.7 Å². The van der Waals surface area contributed by atoms with Crippen LogP contribution in [0.3, 0.4) is 0 Å². The number of aryl methyl sites for hydroxylation is 1. The molecular weight excluding hydrogens is 412 g/mol. The zero-order chi connectivity index (χ0) is 23.5. The number of likely N-dealkylation sites (tertiary alicyclic amines) is 1. The van der Waals surface area contributed by atoms with Gasteiger partial charge in [-0.05, 0) is 95.5 Å². The molecule has 0 bridgehead atoms. The summed E-state index contributed by atoms with van der Waals surface area (Å²) in [5, 5.41) is 2.58. The molecule has 2 amide bonds. The molecular formula is C24H38N2O4S. The van der Waals surface area contributed by atoms with E-state index in [4.69, 9.17) is 0 Å². The summed E-state index contributed by atoms with van der Waals surface area (Å²) in [5.74, 6) is 0.315. The highest BCUT2D eigenvalue weighted by Crippen LogP contribution is 2.25. The van der Waals surface area contributed by atoms with Gasteiger partial charge in [-0.3, -0.25) is 9.59 Å². The van der Waals surface area contributed by atoms with Gasteiger partial charge in [0.1, 0.15) is 0 Å². The molecule has 7 heteroatoms. The molecule has 174 valence electrons. The number of carbonyl (C=O) groups is 2. The van der Waals surface area contributed by atoms with Crippen LogP contribution in [0.25, 0.3) is 0 Å². The fourth-order valence-electron chi connectivity index (χ4n) is 4.12. The first-order chi connectivity index (χ1) is 14.3. The monoisotopic (exact) mass is 450 g/mol. The van der Waals surface area contributed by atoms with Gasteiger partial charge in [0.2, 0.25) is 5.91 Å². The molecule has 6 nitrogen and oxygen atoms in total. The van der Waals surface area contributed by atoms with Gasteiger partial charge in [-0.1, -0.05) is 0 Å². The highest BCUT2D eigenvalue weighted by molar-refractivity contribution is 7.91. The van der Waals surface area contributed by atoms with Crippen molar-refractivity contribution in [3.63, 3.8) is 0 Å². The van der Waals surface area contributed by atoms with E-state index in [0.717, 1.165) is 35.1 Å². The molecule has 1 aromatic carbocycles. The standard InChI is InChI=1S/C24H38N2O4S/c1-15(2)25-24(28)22-12-17(5)21(18(6)19(22)7)13-23(27)26-10-8-20(9-11-26)14-31(29,30)16(3)4/h12,15-16,20H,8-11,13-14H2,1-7H3,(H,25,28). The van der Waals surface area contributed by atoms with Gasteiger partial charge < -0.3 is 10.2 Å². The summed E-state index contributed by atoms with van der Waals surface area (Å²) < 4.78 is 24.4. The van der Waals surface area contributed by atoms with Crippen LogP contribution >= 0.6 is 0 Å². The van der Waals surface area contributed by atoms with Crippen LogP contribution in [-0.4, -0.2) is 55.3 Å². The summed E-state index contributed by atoms with van der Waals surface area (Å²) in [7, 11) is -3.06. The van der Waals surface area contributed by atoms with E-state index in [0.29, 0.717) is 25.1 Å². The van der Waals surface area contributed by atoms with Crippen molar-refractivity contribution in [3.8, 4) is 0 Å². The second-order valence-electron chi connectivity index (χ2n) is 9.48. The van der Waals surface area contributed by atoms with Crippen LogP contribution in [0.2, 0.25) is 0 Å². The Morgan fingerprint density at radius 2 is 1.65 bits per heavy atom. The Labute approximate surface area is 187 Å². The third-order valence-electron chi connectivity index (χ3n) is 6.40. The van der Waals surface area contributed by atoms with Crippen molar-refractivity contribution in [1.29, 1.82) is 0 Å². The Kier molecular flexibility index (Phi) is 8.31. The molecule has 31 heavy (non-hydrogen) atoms. The van der Waals surface area contributed by atoms with E-state index in [1.165, 1.54) is 0 Å². The van der Waals surface area contributed by atoms with Crippen molar-refractivity contribution in [3.05, 3.63) is 33.9 Å². The van der Waals surface area contributed by atoms with Crippen LogP contribution in [0.5, 0.6) is 0 Å². The van der Waals surface area contributed by atoms with Crippen molar-refractivity contribution in [1.82, 2.24) is 10.2 Å². The Morgan fingerprint density at radius 1 is 1.06 bits per heavy atom. The third-order valence-corrected chi connectivity index (χ3v) is 8.77. The number of sulfone groups is 1. The van der Waals surface area contributed by atoms with E-state index in [9.17, 15) is 18.0 Å². The number of hydrogen-bond donors (Lipinski definition) is 1. The fraction of sp³-hybridized carbons (Fsp3) is 0.667. The van der Waals surface area contributed by atoms with E-state index in [2.05, 4.69) is 5.32 Å². The molecule has 0 aromatic heterocycles. The highest BCUT2D eigenvalue weighted by Gasteiger charge is 2.28. The molecule has 0 radical (unpaired) electrons. The van der Waals surface area contributed by atoms with Crippen LogP contribution in [0.15, 0.2) is 6.07 Å². The largest absolute Gasteiger partial charge is 0.350 e. The number of hydrogen-bond acceptors (Lipinski definition) is 4. The number of benzene rings is 1. The number of carbonyl (C=O) groups excluding carboxylic acids is 2. The molecule has 1 aliphatic rings. The molecule has 0 unspecified atom stereocenters. The van der Waals surface area contributed by atoms with E-state index in [-0.39, 0.29) is 34.8 Å². The predicted molar refractivity (Wildman–Crippen MR) is 125 cm³/mol. The lowest BCUT2D eigenvalue weighted by molar-refractivity contribution is -0.131. The number of amides is 2. The fourth-order valence-corrected chi connectivity index (χ4v) is 5.49. The van der Waals surface area contributed by atoms with Crippen molar-refractivity contribution < 1.29 is 18.0 Å². The maximum atomic E-state index is 13.0. The predicted octanol–water partition coefficient (Wildman–Crippen LogP) is 3.35. The van der Waals surface area contributed by atoms with Gasteiger partial charge >= 0.3 is 0 Å². The summed E-state index contributed by atoms with van der Waals surface area (Å²) in [4.78, 5) is 27.3. The second-order valence-corrected chi connectivity index (χ2v) is 12.1. The molecule has 1 fully saturated rings. The smallest absolute Gasteiger partial charge is 0.251 e. The van der Waals surface area contributed by atoms with Gasteiger partial charge in [-0.2, -0.15) is 0 Å². The van der Waals surface area contributed by atoms with Gasteiger partial charge in [0.25, 0.3) is 5.91 Å². The average molecular weight is 451 g/mol. The number of piperidine rings is 1. The quantitative estimate of drug-likeness (QED) is 0.690. The zero-order valence-corrected chi connectivity index (χ0v) is 20.9. The first kappa shape index (κ1) is 25.4. The number of rotatable bonds is 7. The Hall–Kier alpha value is -1.89. The molecule has 0 atom stereocenters. The van der Waals surface area contributed by atoms with Crippen molar-refractivity contribution >= 4 is 21.7 Å². The minimum Gasteiger partial charge on any atom is -0.350 e. The lowest BCUT2D eigenvalue weighted by Gasteiger charge is -2.32. The van der Waals surface area contributed by atoms with E-state index < -0.39 is 9.84 Å². The van der Waals surface area contributed by atoms with E-state index >= 15 is 0 Å². The molecule has 1 aromatic rings. The van der Waals surface area contributed by atoms with Crippen LogP contribution < -0.4 is 5.32 Å². The molecule has 1 saturated heterocycles. The Balaban J connectivity index is 2.06. The summed E-state index contributed by atoms with van der Waals surface area (Å²) in [6.45, 7) is 14.4. The number of nitrogens with zero attached hydrogens (tertiary/aromatic N) is 1. The normalized spacial score (nSPS) is 15.6. The minimum absolute atomic E-state index is 0.0622. The molecule has 0 saturated carbocycles. The molecule has 1 heterocycles. The van der Waals surface area contributed by atoms with Gasteiger partial charge in [-0.15, -0.1) is 0 Å². The third kappa shape index (κ3) is 6.31. The topological polar surface area (TPSA) is 83.6 Å². The van der Waals surface area contributed by atoms with Crippen molar-refractivity contribution in [2.24, 2.45) is 5.92 Å². The lowest BCUT2D eigenvalue weighted by atomic mass is 9.90. The van der Waals surface area contributed by atoms with E-state index in [1.54, 1.807) is 13.8 Å². The van der Waals surface area contributed by atoms with Crippen molar-refractivity contribution in [2.45, 2.75) is 79.0 Å². The molecule has 2 rings (SSSR count). The lowest BCUT2D eigenvalue weighted by Crippen LogP contribution is -2.41. The van der Waals surface area contributed by atoms with Crippen LogP contribution in [-0.2, 0) is 21.1 Å². The number of nitrogens with one attached hydrogen (secondary N) is 1. The molecule has 0 spiro atoms. The summed E-state index contributed by atoms with van der Waals surface area (Å²) in [5.41, 5.74) is 4.48. The maximum absolute atomic E-state index is 13.0. The molecule has 1 aliphatic heterocycles. The first-order valence-corrected chi connectivity index (χ1v) is 12.9. The van der Waals surface area contributed by atoms with Crippen LogP contribution in [0, 0.1) is 26.7 Å². The first-order valence-electron chi connectivity index (χ1n) is 11.2.